The number of aliphatic hydroxyl groups excluding tert-OH is 1. The Kier molecular flexibility index (Phi) is 9.58. The number of amides is 1. The molecule has 3 heterocycles. The highest BCUT2D eigenvalue weighted by Gasteiger charge is 2.47. The fourth-order valence-electron chi connectivity index (χ4n) is 6.29. The van der Waals surface area contributed by atoms with Crippen LogP contribution in [0.4, 0.5) is 0 Å². The van der Waals surface area contributed by atoms with Crippen molar-refractivity contribution in [2.75, 3.05) is 53.5 Å². The second-order valence-electron chi connectivity index (χ2n) is 10.9. The van der Waals surface area contributed by atoms with E-state index in [1.54, 1.807) is 12.0 Å². The van der Waals surface area contributed by atoms with Crippen LogP contribution in [0.25, 0.3) is 0 Å². The lowest BCUT2D eigenvalue weighted by Gasteiger charge is -2.30. The van der Waals surface area contributed by atoms with Crippen molar-refractivity contribution in [3.8, 4) is 28.7 Å². The first-order chi connectivity index (χ1) is 20.4. The van der Waals surface area contributed by atoms with Crippen LogP contribution in [-0.4, -0.2) is 91.4 Å². The Labute approximate surface area is 245 Å². The van der Waals surface area contributed by atoms with E-state index in [2.05, 4.69) is 6.92 Å². The first-order valence-electron chi connectivity index (χ1n) is 14.7. The number of unbranched alkanes of at least 4 members (excludes halogenated alkanes) is 1. The third kappa shape index (κ3) is 6.22. The van der Waals surface area contributed by atoms with Gasteiger partial charge in [-0.05, 0) is 55.0 Å². The van der Waals surface area contributed by atoms with Gasteiger partial charge in [0.25, 0.3) is 0 Å². The zero-order valence-corrected chi connectivity index (χ0v) is 24.3. The first-order valence-corrected chi connectivity index (χ1v) is 14.7. The van der Waals surface area contributed by atoms with Crippen LogP contribution in [0.15, 0.2) is 30.3 Å². The minimum absolute atomic E-state index is 0.00450. The Hall–Kier alpha value is -3.70. The van der Waals surface area contributed by atoms with Crippen molar-refractivity contribution in [3.63, 3.8) is 0 Å². The molecule has 11 heteroatoms. The van der Waals surface area contributed by atoms with Gasteiger partial charge in [0.1, 0.15) is 0 Å². The standard InChI is InChI=1S/C31H40N2O9/c1-3-4-11-32(12-6-13-34)27(35)17-33-16-22(21-14-25(38-2)30-26(15-21)40-19-42-30)28(31(36)37)23(33)10-9-20-7-5-8-24-29(20)41-18-39-24/h5,7-8,14-15,22-23,28,34H,3-4,6,9-13,16-19H2,1-2H3,(H,36,37). The Morgan fingerprint density at radius 3 is 2.55 bits per heavy atom. The lowest BCUT2D eigenvalue weighted by molar-refractivity contribution is -0.143. The summed E-state index contributed by atoms with van der Waals surface area (Å²) in [5.74, 6) is 0.714. The predicted octanol–water partition coefficient (Wildman–Crippen LogP) is 3.27. The van der Waals surface area contributed by atoms with Crippen molar-refractivity contribution in [1.29, 1.82) is 0 Å². The van der Waals surface area contributed by atoms with Crippen LogP contribution in [0.5, 0.6) is 28.7 Å². The maximum absolute atomic E-state index is 13.6. The summed E-state index contributed by atoms with van der Waals surface area (Å²) >= 11 is 0. The molecule has 3 unspecified atom stereocenters. The van der Waals surface area contributed by atoms with Gasteiger partial charge in [0.05, 0.1) is 19.6 Å². The molecule has 11 nitrogen and oxygen atoms in total. The number of carbonyl (C=O) groups is 2. The molecule has 1 saturated heterocycles. The first kappa shape index (κ1) is 29.8. The average molecular weight is 585 g/mol. The van der Waals surface area contributed by atoms with Crippen LogP contribution < -0.4 is 23.7 Å². The third-order valence-corrected chi connectivity index (χ3v) is 8.39. The zero-order chi connectivity index (χ0) is 29.6. The highest BCUT2D eigenvalue weighted by Crippen LogP contribution is 2.47. The number of benzene rings is 2. The van der Waals surface area contributed by atoms with Gasteiger partial charge < -0.3 is 38.8 Å². The largest absolute Gasteiger partial charge is 0.493 e. The summed E-state index contributed by atoms with van der Waals surface area (Å²) in [7, 11) is 1.54. The van der Waals surface area contributed by atoms with Crippen molar-refractivity contribution >= 4 is 11.9 Å². The van der Waals surface area contributed by atoms with Crippen LogP contribution in [0.1, 0.15) is 49.7 Å². The summed E-state index contributed by atoms with van der Waals surface area (Å²) in [5, 5.41) is 20.0. The van der Waals surface area contributed by atoms with Crippen molar-refractivity contribution in [1.82, 2.24) is 9.80 Å². The minimum Gasteiger partial charge on any atom is -0.493 e. The maximum atomic E-state index is 13.6. The average Bonchev–Trinajstić information content (AvgIpc) is 3.74. The Bertz CT molecular complexity index is 1260. The van der Waals surface area contributed by atoms with Crippen LogP contribution in [0, 0.1) is 5.92 Å². The summed E-state index contributed by atoms with van der Waals surface area (Å²) in [4.78, 5) is 30.4. The molecule has 0 saturated carbocycles. The molecule has 2 N–H and O–H groups in total. The topological polar surface area (TPSA) is 127 Å². The van der Waals surface area contributed by atoms with E-state index >= 15 is 0 Å². The predicted molar refractivity (Wildman–Crippen MR) is 152 cm³/mol. The van der Waals surface area contributed by atoms with Gasteiger partial charge in [-0.3, -0.25) is 14.5 Å². The number of para-hydroxylation sites is 1. The van der Waals surface area contributed by atoms with Gasteiger partial charge in [0.2, 0.25) is 25.2 Å². The second-order valence-corrected chi connectivity index (χ2v) is 10.9. The minimum atomic E-state index is -0.919. The highest BCUT2D eigenvalue weighted by atomic mass is 16.7. The molecular formula is C31H40N2O9. The van der Waals surface area contributed by atoms with Gasteiger partial charge in [0.15, 0.2) is 23.0 Å². The number of carboxylic acids is 1. The molecule has 2 aromatic carbocycles. The number of ether oxygens (including phenoxy) is 5. The molecule has 0 aliphatic carbocycles. The number of fused-ring (bicyclic) bond motifs is 2. The number of aryl methyl sites for hydroxylation is 1. The van der Waals surface area contributed by atoms with Crippen LogP contribution in [0.2, 0.25) is 0 Å². The summed E-state index contributed by atoms with van der Waals surface area (Å²) in [6.45, 7) is 3.84. The van der Waals surface area contributed by atoms with Gasteiger partial charge in [-0.15, -0.1) is 0 Å². The van der Waals surface area contributed by atoms with Crippen molar-refractivity contribution in [2.24, 2.45) is 5.92 Å². The van der Waals surface area contributed by atoms with Crippen molar-refractivity contribution in [2.45, 2.75) is 51.0 Å². The van der Waals surface area contributed by atoms with E-state index in [-0.39, 0.29) is 32.6 Å². The number of hydrogen-bond donors (Lipinski definition) is 2. The Morgan fingerprint density at radius 1 is 1.05 bits per heavy atom. The molecule has 3 aliphatic rings. The van der Waals surface area contributed by atoms with Gasteiger partial charge >= 0.3 is 5.97 Å². The molecule has 2 aromatic rings. The van der Waals surface area contributed by atoms with E-state index in [9.17, 15) is 19.8 Å². The number of carboxylic acid groups (broad SMARTS) is 1. The Balaban J connectivity index is 1.45. The molecule has 3 atom stereocenters. The lowest BCUT2D eigenvalue weighted by atomic mass is 9.83. The molecule has 0 spiro atoms. The van der Waals surface area contributed by atoms with E-state index in [4.69, 9.17) is 23.7 Å². The molecule has 0 bridgehead atoms. The molecule has 0 aromatic heterocycles. The summed E-state index contributed by atoms with van der Waals surface area (Å²) in [6, 6.07) is 8.96. The molecule has 1 amide bonds. The van der Waals surface area contributed by atoms with E-state index in [1.165, 1.54) is 0 Å². The third-order valence-electron chi connectivity index (χ3n) is 8.39. The normalized spacial score (nSPS) is 20.6. The van der Waals surface area contributed by atoms with Crippen LogP contribution in [0.3, 0.4) is 0 Å². The van der Waals surface area contributed by atoms with Crippen LogP contribution in [-0.2, 0) is 16.0 Å². The molecule has 42 heavy (non-hydrogen) atoms. The summed E-state index contributed by atoms with van der Waals surface area (Å²) in [6.07, 6.45) is 3.37. The van der Waals surface area contributed by atoms with Crippen molar-refractivity contribution < 1.29 is 43.5 Å². The van der Waals surface area contributed by atoms with Gasteiger partial charge in [-0.1, -0.05) is 25.5 Å². The van der Waals surface area contributed by atoms with E-state index in [0.717, 1.165) is 24.0 Å². The SMILES string of the molecule is CCCCN(CCCO)C(=O)CN1CC(c2cc(OC)c3c(c2)OCO3)C(C(=O)O)C1CCc1cccc2c1OCO2. The van der Waals surface area contributed by atoms with Gasteiger partial charge in [-0.25, -0.2) is 0 Å². The van der Waals surface area contributed by atoms with Gasteiger partial charge in [0, 0.05) is 38.2 Å². The van der Waals surface area contributed by atoms with E-state index < -0.39 is 23.8 Å². The van der Waals surface area contributed by atoms with Crippen molar-refractivity contribution in [3.05, 3.63) is 41.5 Å². The number of carbonyl (C=O) groups excluding carboxylic acids is 1. The lowest BCUT2D eigenvalue weighted by Crippen LogP contribution is -2.45. The number of aliphatic hydroxyl groups is 1. The summed E-state index contributed by atoms with van der Waals surface area (Å²) in [5.41, 5.74) is 1.71. The molecule has 5 rings (SSSR count). The van der Waals surface area contributed by atoms with Gasteiger partial charge in [-0.2, -0.15) is 0 Å². The fraction of sp³-hybridized carbons (Fsp3) is 0.548. The fourth-order valence-corrected chi connectivity index (χ4v) is 6.29. The molecule has 228 valence electrons. The number of methoxy groups -OCH3 is 1. The zero-order valence-electron chi connectivity index (χ0n) is 24.3. The Morgan fingerprint density at radius 2 is 1.81 bits per heavy atom. The number of hydrogen-bond acceptors (Lipinski definition) is 9. The molecule has 3 aliphatic heterocycles. The number of likely N-dealkylation sites (tertiary alicyclic amines) is 1. The molecule has 0 radical (unpaired) electrons. The van der Waals surface area contributed by atoms with E-state index in [1.807, 2.05) is 35.2 Å². The monoisotopic (exact) mass is 584 g/mol. The number of aliphatic carboxylic acids is 1. The molecule has 1 fully saturated rings. The van der Waals surface area contributed by atoms with Crippen LogP contribution >= 0.6 is 0 Å². The maximum Gasteiger partial charge on any atom is 0.308 e. The quantitative estimate of drug-likeness (QED) is 0.342. The number of nitrogens with zero attached hydrogens (tertiary/aromatic N) is 2. The smallest absolute Gasteiger partial charge is 0.308 e. The second kappa shape index (κ2) is 13.5. The van der Waals surface area contributed by atoms with E-state index in [0.29, 0.717) is 67.6 Å². The highest BCUT2D eigenvalue weighted by molar-refractivity contribution is 5.79. The summed E-state index contributed by atoms with van der Waals surface area (Å²) < 4.78 is 28.0. The number of rotatable bonds is 14. The molecular weight excluding hydrogens is 544 g/mol.